The zero-order valence-electron chi connectivity index (χ0n) is 15.4. The van der Waals surface area contributed by atoms with Crippen molar-refractivity contribution in [2.24, 2.45) is 0 Å². The van der Waals surface area contributed by atoms with E-state index in [0.717, 1.165) is 49.9 Å². The molecule has 5 nitrogen and oxygen atoms in total. The van der Waals surface area contributed by atoms with Crippen molar-refractivity contribution in [1.29, 1.82) is 0 Å². The molecule has 0 bridgehead atoms. The summed E-state index contributed by atoms with van der Waals surface area (Å²) < 4.78 is 13.5. The summed E-state index contributed by atoms with van der Waals surface area (Å²) in [7, 11) is 2.17. The number of phenols is 1. The van der Waals surface area contributed by atoms with Crippen LogP contribution >= 0.6 is 0 Å². The fourth-order valence-electron chi connectivity index (χ4n) is 4.33. The van der Waals surface area contributed by atoms with Gasteiger partial charge in [0.05, 0.1) is 5.69 Å². The Morgan fingerprint density at radius 3 is 2.77 bits per heavy atom. The smallest absolute Gasteiger partial charge is 0.154 e. The second kappa shape index (κ2) is 6.83. The van der Waals surface area contributed by atoms with Gasteiger partial charge in [-0.2, -0.15) is 0 Å². The van der Waals surface area contributed by atoms with Gasteiger partial charge >= 0.3 is 0 Å². The lowest BCUT2D eigenvalue weighted by Crippen LogP contribution is -2.49. The van der Waals surface area contributed by atoms with Gasteiger partial charge in [-0.25, -0.2) is 4.39 Å². The lowest BCUT2D eigenvalue weighted by Gasteiger charge is -2.41. The van der Waals surface area contributed by atoms with E-state index in [4.69, 9.17) is 0 Å². The lowest BCUT2D eigenvalue weighted by atomic mass is 9.97. The van der Waals surface area contributed by atoms with Crippen LogP contribution in [0.4, 0.5) is 10.2 Å². The molecular weight excluding hydrogens is 331 g/mol. The fourth-order valence-corrected chi connectivity index (χ4v) is 4.33. The van der Waals surface area contributed by atoms with Crippen LogP contribution in [-0.2, 0) is 6.42 Å². The van der Waals surface area contributed by atoms with Gasteiger partial charge in [-0.05, 0) is 69.5 Å². The molecule has 26 heavy (non-hydrogen) atoms. The van der Waals surface area contributed by atoms with Crippen molar-refractivity contribution in [1.82, 2.24) is 15.1 Å². The Balaban J connectivity index is 1.69. The topological polar surface area (TPSA) is 52.5 Å². The van der Waals surface area contributed by atoms with Crippen LogP contribution in [-0.4, -0.2) is 52.9 Å². The number of rotatable bonds is 2. The van der Waals surface area contributed by atoms with E-state index >= 15 is 0 Å². The first-order valence-corrected chi connectivity index (χ1v) is 9.34. The van der Waals surface area contributed by atoms with Crippen LogP contribution in [0.2, 0.25) is 0 Å². The number of aromatic hydroxyl groups is 1. The Bertz CT molecular complexity index is 802. The largest absolute Gasteiger partial charge is 0.507 e. The normalized spacial score (nSPS) is 20.9. The molecule has 1 atom stereocenters. The Labute approximate surface area is 153 Å². The highest BCUT2D eigenvalue weighted by atomic mass is 19.1. The van der Waals surface area contributed by atoms with Crippen molar-refractivity contribution in [2.45, 2.75) is 38.6 Å². The van der Waals surface area contributed by atoms with E-state index in [-0.39, 0.29) is 5.75 Å². The van der Waals surface area contributed by atoms with E-state index in [9.17, 15) is 9.50 Å². The Morgan fingerprint density at radius 2 is 2.00 bits per heavy atom. The van der Waals surface area contributed by atoms with Crippen LogP contribution in [0.5, 0.6) is 5.75 Å². The zero-order valence-corrected chi connectivity index (χ0v) is 15.4. The maximum Gasteiger partial charge on any atom is 0.154 e. The third-order valence-corrected chi connectivity index (χ3v) is 5.54. The molecule has 1 aromatic carbocycles. The molecule has 0 unspecified atom stereocenters. The Hall–Kier alpha value is -2.21. The highest BCUT2D eigenvalue weighted by molar-refractivity contribution is 5.72. The standard InChI is InChI=1S/C20H25FN4O/c1-13-9-15(21)11-18(26)19(13)17-10-14-5-3-8-25(20(14)23-22-17)16-6-4-7-24(2)12-16/h9-11,16,26H,3-8,12H2,1-2H3/t16-/m0/s1. The van der Waals surface area contributed by atoms with Gasteiger partial charge in [0, 0.05) is 30.8 Å². The van der Waals surface area contributed by atoms with E-state index in [0.29, 0.717) is 22.9 Å². The summed E-state index contributed by atoms with van der Waals surface area (Å²) in [5, 5.41) is 19.1. The van der Waals surface area contributed by atoms with Crippen LogP contribution in [0.15, 0.2) is 18.2 Å². The summed E-state index contributed by atoms with van der Waals surface area (Å²) in [5.41, 5.74) is 3.01. The quantitative estimate of drug-likeness (QED) is 0.896. The average molecular weight is 356 g/mol. The van der Waals surface area contributed by atoms with Gasteiger partial charge in [-0.15, -0.1) is 10.2 Å². The van der Waals surface area contributed by atoms with E-state index < -0.39 is 5.82 Å². The van der Waals surface area contributed by atoms with Crippen molar-refractivity contribution in [3.8, 4) is 17.0 Å². The number of halogens is 1. The molecule has 1 aromatic heterocycles. The predicted octanol–water partition coefficient (Wildman–Crippen LogP) is 3.14. The first-order chi connectivity index (χ1) is 12.5. The van der Waals surface area contributed by atoms with E-state index in [1.807, 2.05) is 6.07 Å². The minimum Gasteiger partial charge on any atom is -0.507 e. The van der Waals surface area contributed by atoms with Crippen LogP contribution in [0.25, 0.3) is 11.3 Å². The number of phenolic OH excluding ortho intramolecular Hbond substituents is 1. The van der Waals surface area contributed by atoms with Gasteiger partial charge in [0.1, 0.15) is 11.6 Å². The highest BCUT2D eigenvalue weighted by Gasteiger charge is 2.29. The number of aromatic nitrogens is 2. The summed E-state index contributed by atoms with van der Waals surface area (Å²) in [6.45, 7) is 5.01. The summed E-state index contributed by atoms with van der Waals surface area (Å²) in [6, 6.07) is 5.04. The molecule has 2 aromatic rings. The Kier molecular flexibility index (Phi) is 4.53. The van der Waals surface area contributed by atoms with Crippen LogP contribution in [0.1, 0.15) is 30.4 Å². The summed E-state index contributed by atoms with van der Waals surface area (Å²) >= 11 is 0. The number of fused-ring (bicyclic) bond motifs is 1. The van der Waals surface area contributed by atoms with Crippen LogP contribution < -0.4 is 4.90 Å². The average Bonchev–Trinajstić information content (AvgIpc) is 2.60. The Morgan fingerprint density at radius 1 is 1.15 bits per heavy atom. The number of piperidine rings is 1. The monoisotopic (exact) mass is 356 g/mol. The summed E-state index contributed by atoms with van der Waals surface area (Å²) in [5.74, 6) is 0.445. The SMILES string of the molecule is Cc1cc(F)cc(O)c1-c1cc2c(nn1)N([C@H]1CCCN(C)C1)CCC2. The number of anilines is 1. The molecule has 2 aliphatic heterocycles. The van der Waals surface area contributed by atoms with Gasteiger partial charge in [0.25, 0.3) is 0 Å². The lowest BCUT2D eigenvalue weighted by molar-refractivity contribution is 0.242. The summed E-state index contributed by atoms with van der Waals surface area (Å²) in [6.07, 6.45) is 4.44. The molecule has 0 spiro atoms. The third kappa shape index (κ3) is 3.14. The number of hydrogen-bond acceptors (Lipinski definition) is 5. The first-order valence-electron chi connectivity index (χ1n) is 9.34. The van der Waals surface area contributed by atoms with Crippen molar-refractivity contribution in [3.63, 3.8) is 0 Å². The molecule has 0 saturated carbocycles. The number of nitrogens with zero attached hydrogens (tertiary/aromatic N) is 4. The molecule has 138 valence electrons. The minimum atomic E-state index is -0.442. The molecule has 2 aliphatic rings. The number of hydrogen-bond donors (Lipinski definition) is 1. The summed E-state index contributed by atoms with van der Waals surface area (Å²) in [4.78, 5) is 4.78. The molecule has 1 fully saturated rings. The van der Waals surface area contributed by atoms with Crippen LogP contribution in [0.3, 0.4) is 0 Å². The van der Waals surface area contributed by atoms with Crippen molar-refractivity contribution in [2.75, 3.05) is 31.6 Å². The molecule has 1 saturated heterocycles. The molecule has 0 amide bonds. The highest BCUT2D eigenvalue weighted by Crippen LogP contribution is 2.35. The van der Waals surface area contributed by atoms with Gasteiger partial charge < -0.3 is 14.9 Å². The van der Waals surface area contributed by atoms with E-state index in [2.05, 4.69) is 27.0 Å². The third-order valence-electron chi connectivity index (χ3n) is 5.54. The fraction of sp³-hybridized carbons (Fsp3) is 0.500. The molecule has 0 radical (unpaired) electrons. The predicted molar refractivity (Wildman–Crippen MR) is 100 cm³/mol. The molecular formula is C20H25FN4O. The van der Waals surface area contributed by atoms with E-state index in [1.54, 1.807) is 6.92 Å². The maximum atomic E-state index is 13.5. The van der Waals surface area contributed by atoms with Gasteiger partial charge in [0.15, 0.2) is 5.82 Å². The minimum absolute atomic E-state index is 0.0849. The first kappa shape index (κ1) is 17.2. The molecule has 3 heterocycles. The number of benzene rings is 1. The molecule has 6 heteroatoms. The van der Waals surface area contributed by atoms with E-state index in [1.165, 1.54) is 18.9 Å². The second-order valence-electron chi connectivity index (χ2n) is 7.55. The molecule has 1 N–H and O–H groups in total. The van der Waals surface area contributed by atoms with Gasteiger partial charge in [0.2, 0.25) is 0 Å². The van der Waals surface area contributed by atoms with Gasteiger partial charge in [-0.3, -0.25) is 0 Å². The second-order valence-corrected chi connectivity index (χ2v) is 7.55. The number of likely N-dealkylation sites (tertiary alicyclic amines) is 1. The maximum absolute atomic E-state index is 13.5. The molecule has 4 rings (SSSR count). The number of likely N-dealkylation sites (N-methyl/N-ethyl adjacent to an activating group) is 1. The number of aryl methyl sites for hydroxylation is 2. The van der Waals surface area contributed by atoms with Gasteiger partial charge in [-0.1, -0.05) is 0 Å². The zero-order chi connectivity index (χ0) is 18.3. The van der Waals surface area contributed by atoms with Crippen molar-refractivity contribution >= 4 is 5.82 Å². The van der Waals surface area contributed by atoms with Crippen LogP contribution in [0, 0.1) is 12.7 Å². The molecule has 0 aliphatic carbocycles. The van der Waals surface area contributed by atoms with Crippen molar-refractivity contribution < 1.29 is 9.50 Å². The van der Waals surface area contributed by atoms with Crippen molar-refractivity contribution in [3.05, 3.63) is 35.1 Å².